The van der Waals surface area contributed by atoms with Crippen LogP contribution in [0.25, 0.3) is 11.3 Å². The Morgan fingerprint density at radius 1 is 1.53 bits per heavy atom. The van der Waals surface area contributed by atoms with E-state index >= 15 is 0 Å². The van der Waals surface area contributed by atoms with E-state index in [9.17, 15) is 9.18 Å². The fraction of sp³-hybridized carbons (Fsp3) is 0.0909. The molecule has 0 saturated heterocycles. The van der Waals surface area contributed by atoms with Gasteiger partial charge in [-0.2, -0.15) is 5.10 Å². The summed E-state index contributed by atoms with van der Waals surface area (Å²) < 4.78 is 18.7. The molecule has 88 valence electrons. The van der Waals surface area contributed by atoms with Crippen molar-refractivity contribution in [3.8, 4) is 11.3 Å². The number of hydrogen-bond donors (Lipinski definition) is 1. The van der Waals surface area contributed by atoms with Gasteiger partial charge in [0.25, 0.3) is 0 Å². The second-order valence-electron chi connectivity index (χ2n) is 3.26. The molecule has 17 heavy (non-hydrogen) atoms. The van der Waals surface area contributed by atoms with Crippen molar-refractivity contribution in [3.63, 3.8) is 0 Å². The van der Waals surface area contributed by atoms with Crippen molar-refractivity contribution in [2.75, 3.05) is 7.11 Å². The van der Waals surface area contributed by atoms with Crippen LogP contribution in [0.5, 0.6) is 0 Å². The Morgan fingerprint density at radius 3 is 2.94 bits per heavy atom. The molecule has 1 aromatic heterocycles. The first-order valence-corrected chi connectivity index (χ1v) is 5.51. The molecule has 1 aromatic carbocycles. The van der Waals surface area contributed by atoms with Crippen molar-refractivity contribution in [1.82, 2.24) is 10.2 Å². The van der Waals surface area contributed by atoms with Gasteiger partial charge < -0.3 is 4.74 Å². The molecule has 0 atom stereocenters. The Hall–Kier alpha value is -1.69. The largest absolute Gasteiger partial charge is 0.464 e. The Labute approximate surface area is 105 Å². The van der Waals surface area contributed by atoms with Gasteiger partial charge in [0, 0.05) is 4.47 Å². The Morgan fingerprint density at radius 2 is 2.29 bits per heavy atom. The van der Waals surface area contributed by atoms with E-state index in [1.165, 1.54) is 19.2 Å². The summed E-state index contributed by atoms with van der Waals surface area (Å²) in [6.07, 6.45) is 0. The van der Waals surface area contributed by atoms with E-state index in [2.05, 4.69) is 30.9 Å². The third-order valence-corrected chi connectivity index (χ3v) is 2.86. The van der Waals surface area contributed by atoms with Crippen LogP contribution in [0.4, 0.5) is 4.39 Å². The number of halogens is 2. The molecular formula is C11H8BrFN2O2. The molecule has 0 radical (unpaired) electrons. The second-order valence-corrected chi connectivity index (χ2v) is 4.11. The molecule has 0 aliphatic carbocycles. The normalized spacial score (nSPS) is 10.3. The van der Waals surface area contributed by atoms with Gasteiger partial charge >= 0.3 is 5.97 Å². The number of carbonyl (C=O) groups excluding carboxylic acids is 1. The monoisotopic (exact) mass is 298 g/mol. The van der Waals surface area contributed by atoms with Gasteiger partial charge in [-0.25, -0.2) is 9.18 Å². The number of benzene rings is 1. The highest BCUT2D eigenvalue weighted by Crippen LogP contribution is 2.29. The van der Waals surface area contributed by atoms with Crippen molar-refractivity contribution in [1.29, 1.82) is 0 Å². The van der Waals surface area contributed by atoms with Crippen LogP contribution in [0.3, 0.4) is 0 Å². The van der Waals surface area contributed by atoms with Crippen LogP contribution in [-0.2, 0) is 4.74 Å². The molecule has 0 aliphatic rings. The molecule has 0 unspecified atom stereocenters. The number of carbonyl (C=O) groups is 1. The van der Waals surface area contributed by atoms with E-state index < -0.39 is 11.8 Å². The van der Waals surface area contributed by atoms with Gasteiger partial charge in [0.15, 0.2) is 0 Å². The molecule has 0 saturated carbocycles. The molecule has 1 N–H and O–H groups in total. The minimum absolute atomic E-state index is 0.178. The average Bonchev–Trinajstić information content (AvgIpc) is 2.77. The molecule has 0 aliphatic heterocycles. The lowest BCUT2D eigenvalue weighted by atomic mass is 10.1. The molecule has 4 nitrogen and oxygen atoms in total. The van der Waals surface area contributed by atoms with Crippen molar-refractivity contribution in [3.05, 3.63) is 40.2 Å². The summed E-state index contributed by atoms with van der Waals surface area (Å²) in [7, 11) is 1.27. The Balaban J connectivity index is 2.47. The summed E-state index contributed by atoms with van der Waals surface area (Å²) in [6.45, 7) is 0. The first-order chi connectivity index (χ1) is 8.13. The number of hydrogen-bond acceptors (Lipinski definition) is 3. The number of esters is 1. The highest BCUT2D eigenvalue weighted by Gasteiger charge is 2.15. The number of methoxy groups -OCH3 is 1. The van der Waals surface area contributed by atoms with Gasteiger partial charge in [0.1, 0.15) is 11.5 Å². The fourth-order valence-electron chi connectivity index (χ4n) is 1.41. The van der Waals surface area contributed by atoms with E-state index in [4.69, 9.17) is 0 Å². The fourth-order valence-corrected chi connectivity index (χ4v) is 1.95. The number of H-pyrrole nitrogens is 1. The zero-order valence-corrected chi connectivity index (χ0v) is 10.4. The van der Waals surface area contributed by atoms with Gasteiger partial charge in [-0.05, 0) is 34.1 Å². The third kappa shape index (κ3) is 2.21. The molecule has 0 amide bonds. The lowest BCUT2D eigenvalue weighted by molar-refractivity contribution is 0.0594. The number of rotatable bonds is 2. The molecule has 0 fully saturated rings. The van der Waals surface area contributed by atoms with Crippen LogP contribution in [0.1, 0.15) is 10.5 Å². The van der Waals surface area contributed by atoms with E-state index in [1.807, 2.05) is 0 Å². The third-order valence-electron chi connectivity index (χ3n) is 2.20. The summed E-state index contributed by atoms with van der Waals surface area (Å²) >= 11 is 3.24. The van der Waals surface area contributed by atoms with Crippen LogP contribution in [-0.4, -0.2) is 23.3 Å². The topological polar surface area (TPSA) is 55.0 Å². The molecule has 2 rings (SSSR count). The van der Waals surface area contributed by atoms with E-state index in [-0.39, 0.29) is 5.69 Å². The predicted octanol–water partition coefficient (Wildman–Crippen LogP) is 2.76. The molecule has 2 aromatic rings. The molecule has 0 spiro atoms. The molecule has 1 heterocycles. The van der Waals surface area contributed by atoms with Gasteiger partial charge in [-0.15, -0.1) is 0 Å². The number of ether oxygens (including phenoxy) is 1. The summed E-state index contributed by atoms with van der Waals surface area (Å²) in [5.41, 5.74) is 0.826. The SMILES string of the molecule is COC(=O)c1cc(-c2c(F)cccc2Br)n[nH]1. The maximum atomic E-state index is 13.6. The second kappa shape index (κ2) is 4.67. The Bertz CT molecular complexity index is 548. The molecule has 6 heteroatoms. The zero-order chi connectivity index (χ0) is 12.4. The Kier molecular flexibility index (Phi) is 3.23. The van der Waals surface area contributed by atoms with E-state index in [0.29, 0.717) is 15.7 Å². The maximum Gasteiger partial charge on any atom is 0.356 e. The van der Waals surface area contributed by atoms with Crippen molar-refractivity contribution in [2.24, 2.45) is 0 Å². The highest BCUT2D eigenvalue weighted by atomic mass is 79.9. The highest BCUT2D eigenvalue weighted by molar-refractivity contribution is 9.10. The first kappa shape index (κ1) is 11.8. The maximum absolute atomic E-state index is 13.6. The molecular weight excluding hydrogens is 291 g/mol. The van der Waals surface area contributed by atoms with Gasteiger partial charge in [0.05, 0.1) is 18.4 Å². The van der Waals surface area contributed by atoms with E-state index in [1.54, 1.807) is 12.1 Å². The average molecular weight is 299 g/mol. The van der Waals surface area contributed by atoms with Crippen LogP contribution in [0.2, 0.25) is 0 Å². The van der Waals surface area contributed by atoms with Gasteiger partial charge in [-0.1, -0.05) is 6.07 Å². The smallest absolute Gasteiger partial charge is 0.356 e. The summed E-state index contributed by atoms with van der Waals surface area (Å²) in [6, 6.07) is 6.04. The quantitative estimate of drug-likeness (QED) is 0.868. The van der Waals surface area contributed by atoms with Crippen molar-refractivity contribution >= 4 is 21.9 Å². The van der Waals surface area contributed by atoms with Crippen LogP contribution >= 0.6 is 15.9 Å². The van der Waals surface area contributed by atoms with Gasteiger partial charge in [0.2, 0.25) is 0 Å². The van der Waals surface area contributed by atoms with E-state index in [0.717, 1.165) is 0 Å². The number of aromatic nitrogens is 2. The van der Waals surface area contributed by atoms with Crippen molar-refractivity contribution in [2.45, 2.75) is 0 Å². The number of aromatic amines is 1. The van der Waals surface area contributed by atoms with Crippen molar-refractivity contribution < 1.29 is 13.9 Å². The minimum atomic E-state index is -0.545. The number of nitrogens with zero attached hydrogens (tertiary/aromatic N) is 1. The van der Waals surface area contributed by atoms with Gasteiger partial charge in [-0.3, -0.25) is 5.10 Å². The minimum Gasteiger partial charge on any atom is -0.464 e. The molecule has 0 bridgehead atoms. The summed E-state index contributed by atoms with van der Waals surface area (Å²) in [5.74, 6) is -0.960. The standard InChI is InChI=1S/C11H8BrFN2O2/c1-17-11(16)9-5-8(14-15-9)10-6(12)3-2-4-7(10)13/h2-5H,1H3,(H,14,15). The predicted molar refractivity (Wildman–Crippen MR) is 63.0 cm³/mol. The number of nitrogens with one attached hydrogen (secondary N) is 1. The summed E-state index contributed by atoms with van der Waals surface area (Å²) in [5, 5.41) is 6.38. The zero-order valence-electron chi connectivity index (χ0n) is 8.83. The first-order valence-electron chi connectivity index (χ1n) is 4.71. The van der Waals surface area contributed by atoms with Crippen LogP contribution < -0.4 is 0 Å². The lowest BCUT2D eigenvalue weighted by Gasteiger charge is -2.01. The lowest BCUT2D eigenvalue weighted by Crippen LogP contribution is -2.00. The van der Waals surface area contributed by atoms with Crippen LogP contribution in [0, 0.1) is 5.82 Å². The summed E-state index contributed by atoms with van der Waals surface area (Å²) in [4.78, 5) is 11.2. The van der Waals surface area contributed by atoms with Crippen LogP contribution in [0.15, 0.2) is 28.7 Å².